The molecule has 19 heteroatoms. The molecule has 0 aromatic heterocycles. The SMILES string of the molecule is [Ba+2].[Ca+2].[O]=[Zr]([O-])[O-].[O]=[Zr]([O-])[O-].[O]=[Zr]([O-])[O-].[O]=[Zr]([O-])[O-].[Ti+4]. The van der Waals surface area contributed by atoms with Gasteiger partial charge in [-0.05, 0) is 0 Å². The average Bonchev–Trinajstić information content (AvgIpc) is 1.76. The first-order valence-corrected chi connectivity index (χ1v) is 14.5. The second-order valence-corrected chi connectivity index (χ2v) is 5.92. The zero-order valence-electron chi connectivity index (χ0n) is 8.81. The fourth-order valence-electron chi connectivity index (χ4n) is 0. The molecule has 0 spiro atoms. The van der Waals surface area contributed by atoms with Crippen LogP contribution in [0.1, 0.15) is 0 Å². The van der Waals surface area contributed by atoms with E-state index < -0.39 is 90.5 Å². The molecule has 0 aromatic rings. The van der Waals surface area contributed by atoms with E-state index in [4.69, 9.17) is 36.7 Å². The minimum Gasteiger partial charge on any atom is 4.00 e. The van der Waals surface area contributed by atoms with E-state index in [0.29, 0.717) is 0 Å². The van der Waals surface area contributed by atoms with Gasteiger partial charge in [0.15, 0.2) is 0 Å². The van der Waals surface area contributed by atoms with Crippen LogP contribution in [0, 0.1) is 0 Å². The molecule has 0 aliphatic rings. The molecular weight excluding hydrogens is 782 g/mol. The Morgan fingerprint density at radius 1 is 0.474 bits per heavy atom. The maximum atomic E-state index is 8.61. The van der Waals surface area contributed by atoms with E-state index in [9.17, 15) is 0 Å². The van der Waals surface area contributed by atoms with Crippen molar-refractivity contribution in [1.82, 2.24) is 0 Å². The first kappa shape index (κ1) is 44.4. The Kier molecular flexibility index (Phi) is 91.5. The van der Waals surface area contributed by atoms with Crippen LogP contribution in [0.4, 0.5) is 0 Å². The first-order chi connectivity index (χ1) is 6.93. The van der Waals surface area contributed by atoms with E-state index in [2.05, 4.69) is 0 Å². The summed E-state index contributed by atoms with van der Waals surface area (Å²) in [7, 11) is 0. The van der Waals surface area contributed by atoms with E-state index in [1.165, 1.54) is 0 Å². The van der Waals surface area contributed by atoms with E-state index in [-0.39, 0.29) is 108 Å². The smallest absolute Gasteiger partial charge is 4.00 e. The van der Waals surface area contributed by atoms with Crippen molar-refractivity contribution in [2.24, 2.45) is 0 Å². The van der Waals surface area contributed by atoms with Crippen LogP contribution in [0.5, 0.6) is 0 Å². The molecule has 0 saturated heterocycles. The standard InChI is InChI=1S/Ba.Ca.12O.Ti.4Zr/q2*+2;;;;;8*-1;+4;;;;. The maximum Gasteiger partial charge on any atom is 4.00 e. The zero-order valence-corrected chi connectivity index (χ0v) is 26.9. The molecule has 0 aliphatic heterocycles. The van der Waals surface area contributed by atoms with Gasteiger partial charge in [0, 0.05) is 0 Å². The molecule has 0 radical (unpaired) electrons. The van der Waals surface area contributed by atoms with Crippen LogP contribution in [-0.4, -0.2) is 86.6 Å². The third-order valence-corrected chi connectivity index (χ3v) is 0. The molecule has 0 amide bonds. The Balaban J connectivity index is -0.0000000192. The molecule has 0 unspecified atom stereocenters. The minimum absolute atomic E-state index is 0. The third-order valence-electron chi connectivity index (χ3n) is 0. The molecule has 0 aromatic carbocycles. The Labute approximate surface area is 229 Å². The van der Waals surface area contributed by atoms with E-state index in [1.54, 1.807) is 0 Å². The van der Waals surface area contributed by atoms with Gasteiger partial charge in [0.25, 0.3) is 0 Å². The van der Waals surface area contributed by atoms with Gasteiger partial charge in [-0.25, -0.2) is 0 Å². The van der Waals surface area contributed by atoms with Gasteiger partial charge < -0.3 is 0 Å². The Hall–Kier alpha value is 5.96. The third kappa shape index (κ3) is 325. The van der Waals surface area contributed by atoms with Crippen LogP contribution in [-0.2, 0) is 124 Å². The summed E-state index contributed by atoms with van der Waals surface area (Å²) in [5.41, 5.74) is 0. The molecule has 0 rings (SSSR count). The topological polar surface area (TPSA) is 253 Å². The van der Waals surface area contributed by atoms with Crippen molar-refractivity contribution < 1.29 is 149 Å². The van der Waals surface area contributed by atoms with Crippen LogP contribution in [0.15, 0.2) is 0 Å². The van der Waals surface area contributed by atoms with Crippen LogP contribution in [0.3, 0.4) is 0 Å². The summed E-state index contributed by atoms with van der Waals surface area (Å²) in [5, 5.41) is 0. The molecule has 12 nitrogen and oxygen atoms in total. The van der Waals surface area contributed by atoms with Crippen molar-refractivity contribution in [1.29, 1.82) is 0 Å². The van der Waals surface area contributed by atoms with Crippen molar-refractivity contribution >= 4 is 86.6 Å². The van der Waals surface area contributed by atoms with Gasteiger partial charge >= 0.3 is 236 Å². The molecule has 96 valence electrons. The number of rotatable bonds is 0. The molecule has 0 bridgehead atoms. The number of hydrogen-bond donors (Lipinski definition) is 0. The van der Waals surface area contributed by atoms with Crippen LogP contribution in [0.2, 0.25) is 0 Å². The fourth-order valence-corrected chi connectivity index (χ4v) is 0. The summed E-state index contributed by atoms with van der Waals surface area (Å²) >= 11 is -17.2. The molecule has 0 aliphatic carbocycles. The van der Waals surface area contributed by atoms with Gasteiger partial charge in [-0.15, -0.1) is 0 Å². The van der Waals surface area contributed by atoms with Crippen molar-refractivity contribution in [3.05, 3.63) is 0 Å². The van der Waals surface area contributed by atoms with E-state index in [0.717, 1.165) is 0 Å². The first-order valence-electron chi connectivity index (χ1n) is 2.45. The summed E-state index contributed by atoms with van der Waals surface area (Å²) < 4.78 is 103. The van der Waals surface area contributed by atoms with Crippen molar-refractivity contribution in [2.75, 3.05) is 0 Å². The summed E-state index contributed by atoms with van der Waals surface area (Å²) in [5.74, 6) is 0. The summed E-state index contributed by atoms with van der Waals surface area (Å²) in [6.45, 7) is 0. The van der Waals surface area contributed by atoms with E-state index in [1.807, 2.05) is 0 Å². The maximum absolute atomic E-state index is 8.61. The second-order valence-electron chi connectivity index (χ2n) is 1.00. The van der Waals surface area contributed by atoms with Crippen LogP contribution >= 0.6 is 0 Å². The van der Waals surface area contributed by atoms with Gasteiger partial charge in [0.05, 0.1) is 0 Å². The number of hydrogen-bond acceptors (Lipinski definition) is 12. The largest absolute Gasteiger partial charge is 4.00 e. The molecule has 0 N–H and O–H groups in total. The molecule has 19 heavy (non-hydrogen) atoms. The molecule has 0 saturated carbocycles. The summed E-state index contributed by atoms with van der Waals surface area (Å²) in [6.07, 6.45) is 0. The second kappa shape index (κ2) is 39.2. The summed E-state index contributed by atoms with van der Waals surface area (Å²) in [6, 6.07) is 0. The van der Waals surface area contributed by atoms with Gasteiger partial charge in [0.2, 0.25) is 0 Å². The predicted molar refractivity (Wildman–Crippen MR) is 14.3 cm³/mol. The Morgan fingerprint density at radius 3 is 0.474 bits per heavy atom. The summed E-state index contributed by atoms with van der Waals surface area (Å²) in [4.78, 5) is 0. The average molecular weight is 782 g/mol. The normalized spacial score (nSPS) is 5.47. The van der Waals surface area contributed by atoms with Crippen molar-refractivity contribution in [3.8, 4) is 0 Å². The van der Waals surface area contributed by atoms with Crippen LogP contribution < -0.4 is 25.5 Å². The fraction of sp³-hybridized carbons (Fsp3) is 0. The van der Waals surface area contributed by atoms with Gasteiger partial charge in [0.1, 0.15) is 0 Å². The predicted octanol–water partition coefficient (Wildman–Crippen LogP) is -10.8. The minimum atomic E-state index is -4.29. The van der Waals surface area contributed by atoms with Crippen LogP contribution in [0.25, 0.3) is 0 Å². The van der Waals surface area contributed by atoms with Crippen molar-refractivity contribution in [2.45, 2.75) is 0 Å². The van der Waals surface area contributed by atoms with Gasteiger partial charge in [-0.3, -0.25) is 0 Å². The van der Waals surface area contributed by atoms with Gasteiger partial charge in [-0.1, -0.05) is 0 Å². The quantitative estimate of drug-likeness (QED) is 0.208. The van der Waals surface area contributed by atoms with E-state index >= 15 is 0 Å². The Morgan fingerprint density at radius 2 is 0.474 bits per heavy atom. The van der Waals surface area contributed by atoms with Crippen molar-refractivity contribution in [3.63, 3.8) is 0 Å². The zero-order chi connectivity index (χ0) is 14.3. The Bertz CT molecular complexity index is 170. The van der Waals surface area contributed by atoms with Gasteiger partial charge in [-0.2, -0.15) is 0 Å². The monoisotopic (exact) mass is 777 g/mol. The molecule has 0 fully saturated rings. The molecule has 0 heterocycles. The molecular formula is BaCaO12TiZr4. The molecule has 0 atom stereocenters.